The molecule has 3 amide bonds. The van der Waals surface area contributed by atoms with Crippen LogP contribution in [0.4, 0.5) is 0 Å². The monoisotopic (exact) mass is 553 g/mol. The fraction of sp³-hybridized carbons (Fsp3) is 0.481. The Balaban J connectivity index is 1.37. The molecule has 2 aliphatic rings. The van der Waals surface area contributed by atoms with Crippen molar-refractivity contribution in [2.45, 2.75) is 63.6 Å². The van der Waals surface area contributed by atoms with E-state index in [2.05, 4.69) is 15.3 Å². The molecule has 0 aliphatic carbocycles. The summed E-state index contributed by atoms with van der Waals surface area (Å²) in [5.74, 6) is -0.997. The zero-order valence-corrected chi connectivity index (χ0v) is 22.9. The molecule has 2 aliphatic heterocycles. The van der Waals surface area contributed by atoms with Gasteiger partial charge in [-0.3, -0.25) is 24.2 Å². The molecule has 0 spiro atoms. The molecule has 12 heteroatoms. The molecule has 4 rings (SSSR count). The van der Waals surface area contributed by atoms with E-state index < -0.39 is 12.1 Å². The number of nitrogens with one attached hydrogen (secondary N) is 1. The molecule has 3 heterocycles. The van der Waals surface area contributed by atoms with Gasteiger partial charge in [-0.2, -0.15) is 0 Å². The summed E-state index contributed by atoms with van der Waals surface area (Å²) >= 11 is 1.23. The molecule has 0 saturated carbocycles. The fourth-order valence-electron chi connectivity index (χ4n) is 5.16. The molecule has 5 N–H and O–H groups in total. The van der Waals surface area contributed by atoms with Crippen molar-refractivity contribution in [3.8, 4) is 0 Å². The summed E-state index contributed by atoms with van der Waals surface area (Å²) in [6, 6.07) is 8.04. The van der Waals surface area contributed by atoms with Gasteiger partial charge < -0.3 is 26.6 Å². The number of nitrogens with zero attached hydrogens (tertiary/aromatic N) is 4. The third kappa shape index (κ3) is 7.20. The lowest BCUT2D eigenvalue weighted by molar-refractivity contribution is -0.151. The number of fused-ring (bicyclic) bond motifs is 1. The van der Waals surface area contributed by atoms with Crippen molar-refractivity contribution in [1.29, 1.82) is 0 Å². The molecule has 2 aromatic rings. The molecule has 1 aromatic carbocycles. The molecule has 208 valence electrons. The van der Waals surface area contributed by atoms with E-state index in [1.165, 1.54) is 11.3 Å². The largest absolute Gasteiger partial charge is 0.370 e. The molecule has 3 atom stereocenters. The molecular weight excluding hydrogens is 518 g/mol. The fourth-order valence-corrected chi connectivity index (χ4v) is 5.95. The number of nitrogens with two attached hydrogens (primary N) is 2. The van der Waals surface area contributed by atoms with Crippen LogP contribution in [0, 0.1) is 6.92 Å². The Hall–Kier alpha value is -3.80. The smallest absolute Gasteiger partial charge is 0.243 e. The third-order valence-electron chi connectivity index (χ3n) is 7.08. The SMILES string of the molecule is Cc1csc(C(=O)[C@H](CCCN=C(N)N)NC(=O)[C@@H]2CC[C@H]3CN(C(=O)CCc4ccccc4)CC(=O)N32)n1. The standard InChI is InChI=1S/C27H35N7O4S/c1-17-16-39-26(31-17)24(37)20(8-5-13-30-27(28)29)32-25(38)21-11-10-19-14-33(15-23(36)34(19)21)22(35)12-9-18-6-3-2-4-7-18/h2-4,6-7,16,19-21H,5,8-15H2,1H3,(H,32,38)(H4,28,29,30)/t19-,20-,21-/m0/s1. The van der Waals surface area contributed by atoms with Gasteiger partial charge in [0.1, 0.15) is 6.04 Å². The van der Waals surface area contributed by atoms with Crippen molar-refractivity contribution in [2.75, 3.05) is 19.6 Å². The minimum Gasteiger partial charge on any atom is -0.370 e. The number of aliphatic imine (C=N–C) groups is 1. The topological polar surface area (TPSA) is 164 Å². The van der Waals surface area contributed by atoms with Crippen LogP contribution in [0.1, 0.15) is 53.2 Å². The number of rotatable bonds is 11. The van der Waals surface area contributed by atoms with E-state index in [0.29, 0.717) is 56.6 Å². The second-order valence-electron chi connectivity index (χ2n) is 9.98. The lowest BCUT2D eigenvalue weighted by Crippen LogP contribution is -2.60. The van der Waals surface area contributed by atoms with Crippen LogP contribution in [-0.2, 0) is 20.8 Å². The average Bonchev–Trinajstić information content (AvgIpc) is 3.55. The van der Waals surface area contributed by atoms with E-state index >= 15 is 0 Å². The first-order valence-corrected chi connectivity index (χ1v) is 14.1. The highest BCUT2D eigenvalue weighted by molar-refractivity contribution is 7.11. The van der Waals surface area contributed by atoms with Crippen molar-refractivity contribution >= 4 is 40.8 Å². The van der Waals surface area contributed by atoms with Gasteiger partial charge in [-0.15, -0.1) is 11.3 Å². The minimum atomic E-state index is -0.813. The highest BCUT2D eigenvalue weighted by Crippen LogP contribution is 2.29. The van der Waals surface area contributed by atoms with Gasteiger partial charge in [0.25, 0.3) is 0 Å². The molecule has 11 nitrogen and oxygen atoms in total. The number of carbonyl (C=O) groups is 4. The number of aromatic nitrogens is 1. The van der Waals surface area contributed by atoms with Gasteiger partial charge in [0.15, 0.2) is 11.0 Å². The second-order valence-corrected chi connectivity index (χ2v) is 10.8. The Bertz CT molecular complexity index is 1230. The van der Waals surface area contributed by atoms with Crippen LogP contribution in [-0.4, -0.2) is 82.0 Å². The highest BCUT2D eigenvalue weighted by Gasteiger charge is 2.46. The number of aryl methyl sites for hydroxylation is 2. The Morgan fingerprint density at radius 3 is 2.67 bits per heavy atom. The predicted octanol–water partition coefficient (Wildman–Crippen LogP) is 1.01. The third-order valence-corrected chi connectivity index (χ3v) is 8.06. The zero-order valence-electron chi connectivity index (χ0n) is 22.0. The van der Waals surface area contributed by atoms with E-state index in [9.17, 15) is 19.2 Å². The Labute approximate surface area is 231 Å². The van der Waals surface area contributed by atoms with Crippen molar-refractivity contribution < 1.29 is 19.2 Å². The van der Waals surface area contributed by atoms with E-state index in [0.717, 1.165) is 11.3 Å². The zero-order chi connectivity index (χ0) is 27.9. The van der Waals surface area contributed by atoms with Gasteiger partial charge in [-0.25, -0.2) is 4.98 Å². The number of amides is 3. The highest BCUT2D eigenvalue weighted by atomic mass is 32.1. The number of ketones is 1. The van der Waals surface area contributed by atoms with E-state index in [1.54, 1.807) is 22.1 Å². The van der Waals surface area contributed by atoms with Crippen LogP contribution in [0.15, 0.2) is 40.7 Å². The van der Waals surface area contributed by atoms with Gasteiger partial charge >= 0.3 is 0 Å². The van der Waals surface area contributed by atoms with Crippen LogP contribution >= 0.6 is 11.3 Å². The Kier molecular flexibility index (Phi) is 9.28. The second kappa shape index (κ2) is 12.8. The number of thiazole rings is 1. The van der Waals surface area contributed by atoms with Gasteiger partial charge in [0.05, 0.1) is 18.6 Å². The number of hydrogen-bond donors (Lipinski definition) is 3. The van der Waals surface area contributed by atoms with Crippen LogP contribution in [0.5, 0.6) is 0 Å². The van der Waals surface area contributed by atoms with Gasteiger partial charge in [0, 0.05) is 30.6 Å². The molecule has 2 saturated heterocycles. The van der Waals surface area contributed by atoms with E-state index in [4.69, 9.17) is 11.5 Å². The lowest BCUT2D eigenvalue weighted by atomic mass is 10.1. The number of hydrogen-bond acceptors (Lipinski definition) is 7. The Morgan fingerprint density at radius 1 is 1.21 bits per heavy atom. The van der Waals surface area contributed by atoms with Gasteiger partial charge in [0.2, 0.25) is 23.5 Å². The molecule has 39 heavy (non-hydrogen) atoms. The number of piperazine rings is 1. The molecule has 1 aromatic heterocycles. The summed E-state index contributed by atoms with van der Waals surface area (Å²) in [7, 11) is 0. The molecule has 0 radical (unpaired) electrons. The number of carbonyl (C=O) groups excluding carboxylic acids is 4. The summed E-state index contributed by atoms with van der Waals surface area (Å²) in [6.45, 7) is 2.48. The van der Waals surface area contributed by atoms with Crippen molar-refractivity contribution in [1.82, 2.24) is 20.1 Å². The average molecular weight is 554 g/mol. The van der Waals surface area contributed by atoms with Crippen LogP contribution < -0.4 is 16.8 Å². The molecule has 0 bridgehead atoms. The summed E-state index contributed by atoms with van der Waals surface area (Å²) in [5, 5.41) is 4.98. The van der Waals surface area contributed by atoms with Crippen molar-refractivity contribution in [2.24, 2.45) is 16.5 Å². The Morgan fingerprint density at radius 2 is 1.97 bits per heavy atom. The number of Topliss-reactive ketones (excluding diaryl/α,β-unsaturated/α-hetero) is 1. The minimum absolute atomic E-state index is 0.0364. The first-order chi connectivity index (χ1) is 18.7. The number of benzene rings is 1. The molecule has 0 unspecified atom stereocenters. The van der Waals surface area contributed by atoms with Crippen LogP contribution in [0.2, 0.25) is 0 Å². The normalized spacial score (nSPS) is 19.4. The van der Waals surface area contributed by atoms with Crippen LogP contribution in [0.25, 0.3) is 0 Å². The van der Waals surface area contributed by atoms with Gasteiger partial charge in [-0.1, -0.05) is 30.3 Å². The van der Waals surface area contributed by atoms with Crippen LogP contribution in [0.3, 0.4) is 0 Å². The van der Waals surface area contributed by atoms with Gasteiger partial charge in [-0.05, 0) is 44.6 Å². The first kappa shape index (κ1) is 28.2. The first-order valence-electron chi connectivity index (χ1n) is 13.2. The number of guanidine groups is 1. The summed E-state index contributed by atoms with van der Waals surface area (Å²) in [4.78, 5) is 64.0. The maximum Gasteiger partial charge on any atom is 0.243 e. The molecular formula is C27H35N7O4S. The lowest BCUT2D eigenvalue weighted by Gasteiger charge is -2.39. The summed E-state index contributed by atoms with van der Waals surface area (Å²) in [5.41, 5.74) is 12.6. The maximum atomic E-state index is 13.4. The summed E-state index contributed by atoms with van der Waals surface area (Å²) < 4.78 is 0. The van der Waals surface area contributed by atoms with Crippen molar-refractivity contribution in [3.63, 3.8) is 0 Å². The quantitative estimate of drug-likeness (QED) is 0.162. The maximum absolute atomic E-state index is 13.4. The predicted molar refractivity (Wildman–Crippen MR) is 148 cm³/mol. The van der Waals surface area contributed by atoms with E-state index in [1.807, 2.05) is 30.3 Å². The van der Waals surface area contributed by atoms with E-state index in [-0.39, 0.29) is 42.1 Å². The molecule has 2 fully saturated rings. The van der Waals surface area contributed by atoms with Crippen molar-refractivity contribution in [3.05, 3.63) is 52.0 Å². The summed E-state index contributed by atoms with van der Waals surface area (Å²) in [6.07, 6.45) is 2.83.